The minimum Gasteiger partial charge on any atom is -0.374 e. The van der Waals surface area contributed by atoms with Crippen molar-refractivity contribution >= 4 is 0 Å². The van der Waals surface area contributed by atoms with Crippen LogP contribution in [0.2, 0.25) is 0 Å². The van der Waals surface area contributed by atoms with E-state index < -0.39 is 0 Å². The number of aromatic nitrogens is 2. The van der Waals surface area contributed by atoms with Crippen LogP contribution in [0, 0.1) is 6.33 Å². The summed E-state index contributed by atoms with van der Waals surface area (Å²) in [6.07, 6.45) is 6.07. The Kier molecular flexibility index (Phi) is 4.42. The fourth-order valence-electron chi connectivity index (χ4n) is 0.572. The zero-order valence-corrected chi connectivity index (χ0v) is 8.72. The van der Waals surface area contributed by atoms with Crippen molar-refractivity contribution in [3.63, 3.8) is 0 Å². The summed E-state index contributed by atoms with van der Waals surface area (Å²) in [5, 5.41) is 0. The molecule has 0 aliphatic carbocycles. The van der Waals surface area contributed by atoms with Crippen LogP contribution in [0.3, 0.4) is 0 Å². The molecule has 0 aliphatic rings. The first-order valence-electron chi connectivity index (χ1n) is 2.98. The van der Waals surface area contributed by atoms with E-state index >= 15 is 0 Å². The second-order valence-corrected chi connectivity index (χ2v) is 2.27. The Morgan fingerprint density at radius 1 is 1.30 bits per heavy atom. The fraction of sp³-hybridized carbons (Fsp3) is 0.429. The summed E-state index contributed by atoms with van der Waals surface area (Å²) in [4.78, 5) is 7.54. The zero-order valence-electron chi connectivity index (χ0n) is 6.00. The molecule has 1 radical (unpaired) electrons. The third-order valence-electron chi connectivity index (χ3n) is 1.21. The molecule has 0 saturated heterocycles. The van der Waals surface area contributed by atoms with Gasteiger partial charge >= 0.3 is 0 Å². The van der Waals surface area contributed by atoms with E-state index in [4.69, 9.17) is 0 Å². The summed E-state index contributed by atoms with van der Waals surface area (Å²) in [7, 11) is 0. The molecule has 1 heterocycles. The van der Waals surface area contributed by atoms with Crippen molar-refractivity contribution in [2.24, 2.45) is 0 Å². The third-order valence-corrected chi connectivity index (χ3v) is 1.21. The Morgan fingerprint density at radius 2 is 1.80 bits per heavy atom. The van der Waals surface area contributed by atoms with Crippen LogP contribution in [-0.4, -0.2) is 9.97 Å². The minimum absolute atomic E-state index is 0. The predicted octanol–water partition coefficient (Wildman–Crippen LogP) is 1.40. The molecular weight excluding hydrogens is 298 g/mol. The van der Waals surface area contributed by atoms with Gasteiger partial charge < -0.3 is 9.97 Å². The zero-order chi connectivity index (χ0) is 6.69. The van der Waals surface area contributed by atoms with Crippen LogP contribution in [0.15, 0.2) is 12.4 Å². The van der Waals surface area contributed by atoms with Crippen molar-refractivity contribution in [3.05, 3.63) is 24.3 Å². The average Bonchev–Trinajstić information content (AvgIpc) is 1.90. The van der Waals surface area contributed by atoms with Crippen LogP contribution < -0.4 is 0 Å². The Bertz CT molecular complexity index is 174. The van der Waals surface area contributed by atoms with Gasteiger partial charge in [0, 0.05) is 26.8 Å². The molecule has 1 rings (SSSR count). The molecule has 0 amide bonds. The van der Waals surface area contributed by atoms with E-state index in [-0.39, 0.29) is 20.4 Å². The first kappa shape index (κ1) is 9.74. The molecule has 0 fully saturated rings. The average molecular weight is 307 g/mol. The van der Waals surface area contributed by atoms with Crippen molar-refractivity contribution < 1.29 is 20.4 Å². The first-order chi connectivity index (χ1) is 4.30. The fourth-order valence-corrected chi connectivity index (χ4v) is 0.572. The molecule has 0 unspecified atom stereocenters. The summed E-state index contributed by atoms with van der Waals surface area (Å²) in [5.74, 6) is 0.514. The van der Waals surface area contributed by atoms with E-state index in [9.17, 15) is 0 Å². The first-order valence-corrected chi connectivity index (χ1v) is 2.98. The Morgan fingerprint density at radius 3 is 2.10 bits per heavy atom. The van der Waals surface area contributed by atoms with Gasteiger partial charge in [-0.25, -0.2) is 0 Å². The minimum atomic E-state index is 0. The molecule has 0 spiro atoms. The van der Waals surface area contributed by atoms with E-state index in [0.717, 1.165) is 5.56 Å². The maximum Gasteiger partial charge on any atom is 0.0213 e. The number of hydrogen-bond donors (Lipinski definition) is 0. The SMILES string of the molecule is CC(C)c1cn[c-]nc1.[Re]. The Balaban J connectivity index is 0.000000810. The normalized spacial score (nSPS) is 9.10. The van der Waals surface area contributed by atoms with Gasteiger partial charge in [0.05, 0.1) is 0 Å². The van der Waals surface area contributed by atoms with Gasteiger partial charge in [-0.15, -0.1) is 5.56 Å². The van der Waals surface area contributed by atoms with Crippen LogP contribution in [0.1, 0.15) is 25.3 Å². The Labute approximate surface area is 74.7 Å². The van der Waals surface area contributed by atoms with Gasteiger partial charge in [-0.3, -0.25) is 0 Å². The molecule has 3 heteroatoms. The van der Waals surface area contributed by atoms with Crippen molar-refractivity contribution in [3.8, 4) is 0 Å². The van der Waals surface area contributed by atoms with Gasteiger partial charge in [0.2, 0.25) is 0 Å². The maximum absolute atomic E-state index is 3.77. The van der Waals surface area contributed by atoms with Crippen LogP contribution >= 0.6 is 0 Å². The predicted molar refractivity (Wildman–Crippen MR) is 35.0 cm³/mol. The molecule has 2 nitrogen and oxygen atoms in total. The number of hydrogen-bond acceptors (Lipinski definition) is 2. The molecule has 55 valence electrons. The summed E-state index contributed by atoms with van der Waals surface area (Å²) >= 11 is 0. The van der Waals surface area contributed by atoms with Crippen molar-refractivity contribution in [1.82, 2.24) is 9.97 Å². The standard InChI is InChI=1S/C7H9N2.Re/c1-6(2)7-3-8-5-9-4-7;/h3-4,6H,1-2H3;/q-1;. The van der Waals surface area contributed by atoms with E-state index in [1.54, 1.807) is 12.4 Å². The van der Waals surface area contributed by atoms with Gasteiger partial charge in [0.1, 0.15) is 0 Å². The summed E-state index contributed by atoms with van der Waals surface area (Å²) in [5.41, 5.74) is 1.16. The van der Waals surface area contributed by atoms with Crippen LogP contribution in [-0.2, 0) is 20.4 Å². The Hall–Kier alpha value is -0.258. The van der Waals surface area contributed by atoms with Gasteiger partial charge in [0.15, 0.2) is 0 Å². The molecule has 0 atom stereocenters. The molecule has 1 aromatic rings. The van der Waals surface area contributed by atoms with Crippen molar-refractivity contribution in [1.29, 1.82) is 0 Å². The second kappa shape index (κ2) is 4.54. The smallest absolute Gasteiger partial charge is 0.0213 e. The molecule has 0 N–H and O–H groups in total. The van der Waals surface area contributed by atoms with Gasteiger partial charge in [-0.05, 0) is 5.92 Å². The molecule has 1 aromatic heterocycles. The molecule has 0 aromatic carbocycles. The van der Waals surface area contributed by atoms with E-state index in [1.807, 2.05) is 0 Å². The molecule has 0 bridgehead atoms. The number of rotatable bonds is 1. The number of nitrogens with zero attached hydrogens (tertiary/aromatic N) is 2. The molecule has 0 saturated carbocycles. The van der Waals surface area contributed by atoms with Gasteiger partial charge in [-0.2, -0.15) is 0 Å². The topological polar surface area (TPSA) is 25.8 Å². The second-order valence-electron chi connectivity index (χ2n) is 2.27. The van der Waals surface area contributed by atoms with E-state index in [2.05, 4.69) is 30.1 Å². The van der Waals surface area contributed by atoms with E-state index in [0.29, 0.717) is 5.92 Å². The van der Waals surface area contributed by atoms with Crippen LogP contribution in [0.4, 0.5) is 0 Å². The third kappa shape index (κ3) is 2.55. The maximum atomic E-state index is 3.77. The van der Waals surface area contributed by atoms with Gasteiger partial charge in [0.25, 0.3) is 0 Å². The molecule has 0 aliphatic heterocycles. The largest absolute Gasteiger partial charge is 0.374 e. The summed E-state index contributed by atoms with van der Waals surface area (Å²) in [6, 6.07) is 0. The van der Waals surface area contributed by atoms with Crippen LogP contribution in [0.5, 0.6) is 0 Å². The quantitative estimate of drug-likeness (QED) is 0.733. The van der Waals surface area contributed by atoms with E-state index in [1.165, 1.54) is 0 Å². The monoisotopic (exact) mass is 308 g/mol. The summed E-state index contributed by atoms with van der Waals surface area (Å²) < 4.78 is 0. The molecule has 10 heavy (non-hydrogen) atoms. The van der Waals surface area contributed by atoms with Gasteiger partial charge in [-0.1, -0.05) is 26.2 Å². The summed E-state index contributed by atoms with van der Waals surface area (Å²) in [6.45, 7) is 4.22. The molecular formula is C7H9N2Re-. The van der Waals surface area contributed by atoms with Crippen molar-refractivity contribution in [2.75, 3.05) is 0 Å². The van der Waals surface area contributed by atoms with Crippen LogP contribution in [0.25, 0.3) is 0 Å². The van der Waals surface area contributed by atoms with Crippen molar-refractivity contribution in [2.45, 2.75) is 19.8 Å².